The number of benzene rings is 1. The quantitative estimate of drug-likeness (QED) is 0.852. The number of nitrogens with zero attached hydrogens (tertiary/aromatic N) is 3. The predicted molar refractivity (Wildman–Crippen MR) is 82.0 cm³/mol. The first kappa shape index (κ1) is 14.1. The monoisotopic (exact) mass is 349 g/mol. The number of hydrogen-bond donors (Lipinski definition) is 0. The number of halogens is 1. The Morgan fingerprint density at radius 2 is 2.14 bits per heavy atom. The molecule has 1 aliphatic heterocycles. The van der Waals surface area contributed by atoms with Crippen LogP contribution in [0.2, 0.25) is 0 Å². The minimum atomic E-state index is 0.00169. The third-order valence-corrected chi connectivity index (χ3v) is 4.37. The lowest BCUT2D eigenvalue weighted by Crippen LogP contribution is -2.39. The highest BCUT2D eigenvalue weighted by Gasteiger charge is 2.25. The first-order chi connectivity index (χ1) is 10.1. The van der Waals surface area contributed by atoms with E-state index in [2.05, 4.69) is 20.9 Å². The van der Waals surface area contributed by atoms with Crippen molar-refractivity contribution in [1.82, 2.24) is 14.5 Å². The second-order valence-electron chi connectivity index (χ2n) is 5.00. The molecule has 1 aromatic carbocycles. The van der Waals surface area contributed by atoms with Crippen molar-refractivity contribution in [2.45, 2.75) is 13.0 Å². The molecule has 6 heteroatoms. The molecule has 0 bridgehead atoms. The van der Waals surface area contributed by atoms with Crippen molar-refractivity contribution in [2.24, 2.45) is 7.05 Å². The van der Waals surface area contributed by atoms with E-state index in [1.54, 1.807) is 0 Å². The van der Waals surface area contributed by atoms with Gasteiger partial charge in [0.25, 0.3) is 5.91 Å². The van der Waals surface area contributed by atoms with Gasteiger partial charge >= 0.3 is 0 Å². The van der Waals surface area contributed by atoms with E-state index >= 15 is 0 Å². The molecule has 2 aromatic rings. The Morgan fingerprint density at radius 1 is 1.38 bits per heavy atom. The average molecular weight is 350 g/mol. The summed E-state index contributed by atoms with van der Waals surface area (Å²) in [6, 6.07) is 9.39. The molecule has 2 heterocycles. The lowest BCUT2D eigenvalue weighted by Gasteiger charge is -2.27. The first-order valence-electron chi connectivity index (χ1n) is 6.80. The summed E-state index contributed by atoms with van der Waals surface area (Å²) in [5, 5.41) is 0. The van der Waals surface area contributed by atoms with Gasteiger partial charge in [0.05, 0.1) is 17.9 Å². The summed E-state index contributed by atoms with van der Waals surface area (Å²) in [6.45, 7) is 1.34. The van der Waals surface area contributed by atoms with E-state index in [-0.39, 0.29) is 12.5 Å². The third-order valence-electron chi connectivity index (χ3n) is 3.66. The van der Waals surface area contributed by atoms with E-state index in [1.165, 1.54) is 0 Å². The number of carbonyl (C=O) groups is 1. The molecular weight excluding hydrogens is 334 g/mol. The molecule has 0 aliphatic carbocycles. The Kier molecular flexibility index (Phi) is 3.96. The summed E-state index contributed by atoms with van der Waals surface area (Å²) in [6.07, 6.45) is 0.784. The van der Waals surface area contributed by atoms with Gasteiger partial charge in [-0.2, -0.15) is 0 Å². The average Bonchev–Trinajstić information content (AvgIpc) is 2.80. The van der Waals surface area contributed by atoms with E-state index in [0.717, 1.165) is 22.5 Å². The number of hydrogen-bond acceptors (Lipinski definition) is 3. The maximum Gasteiger partial charge on any atom is 0.260 e. The van der Waals surface area contributed by atoms with Crippen LogP contribution in [-0.4, -0.2) is 33.5 Å². The van der Waals surface area contributed by atoms with Gasteiger partial charge in [0.15, 0.2) is 11.3 Å². The molecule has 110 valence electrons. The van der Waals surface area contributed by atoms with Crippen LogP contribution >= 0.6 is 15.9 Å². The number of amides is 1. The molecule has 0 radical (unpaired) electrons. The highest BCUT2D eigenvalue weighted by atomic mass is 79.9. The molecule has 3 rings (SSSR count). The van der Waals surface area contributed by atoms with Gasteiger partial charge in [-0.1, -0.05) is 18.2 Å². The summed E-state index contributed by atoms with van der Waals surface area (Å²) in [7, 11) is 1.95. The van der Waals surface area contributed by atoms with Gasteiger partial charge in [-0.25, -0.2) is 4.98 Å². The highest BCUT2D eigenvalue weighted by molar-refractivity contribution is 9.10. The lowest BCUT2D eigenvalue weighted by molar-refractivity contribution is -0.134. The number of imidazole rings is 1. The number of ether oxygens (including phenoxy) is 1. The maximum atomic E-state index is 12.3. The molecule has 0 N–H and O–H groups in total. The maximum absolute atomic E-state index is 12.3. The minimum Gasteiger partial charge on any atom is -0.484 e. The minimum absolute atomic E-state index is 0.00169. The van der Waals surface area contributed by atoms with Crippen molar-refractivity contribution in [2.75, 3.05) is 13.2 Å². The van der Waals surface area contributed by atoms with Crippen molar-refractivity contribution < 1.29 is 9.53 Å². The van der Waals surface area contributed by atoms with E-state index in [4.69, 9.17) is 4.74 Å². The normalized spacial score (nSPS) is 13.9. The zero-order chi connectivity index (χ0) is 14.8. The Morgan fingerprint density at radius 3 is 2.90 bits per heavy atom. The second kappa shape index (κ2) is 5.89. The van der Waals surface area contributed by atoms with Crippen LogP contribution in [0, 0.1) is 0 Å². The van der Waals surface area contributed by atoms with Crippen LogP contribution in [0.3, 0.4) is 0 Å². The summed E-state index contributed by atoms with van der Waals surface area (Å²) in [4.78, 5) is 18.5. The molecule has 21 heavy (non-hydrogen) atoms. The highest BCUT2D eigenvalue weighted by Crippen LogP contribution is 2.22. The third kappa shape index (κ3) is 2.95. The van der Waals surface area contributed by atoms with Gasteiger partial charge in [0, 0.05) is 20.0 Å². The van der Waals surface area contributed by atoms with Gasteiger partial charge in [0.1, 0.15) is 5.75 Å². The van der Waals surface area contributed by atoms with Gasteiger partial charge in [0.2, 0.25) is 0 Å². The molecule has 0 unspecified atom stereocenters. The predicted octanol–water partition coefficient (Wildman–Crippen LogP) is 2.15. The molecule has 5 nitrogen and oxygen atoms in total. The number of para-hydroxylation sites is 1. The Balaban J connectivity index is 1.63. The smallest absolute Gasteiger partial charge is 0.260 e. The van der Waals surface area contributed by atoms with Crippen LogP contribution in [-0.2, 0) is 24.8 Å². The molecular formula is C15H16BrN3O2. The summed E-state index contributed by atoms with van der Waals surface area (Å²) >= 11 is 3.42. The summed E-state index contributed by atoms with van der Waals surface area (Å²) < 4.78 is 8.31. The van der Waals surface area contributed by atoms with Crippen molar-refractivity contribution in [3.05, 3.63) is 46.5 Å². The fourth-order valence-corrected chi connectivity index (χ4v) is 2.85. The second-order valence-corrected chi connectivity index (χ2v) is 5.71. The van der Waals surface area contributed by atoms with Crippen LogP contribution in [0.25, 0.3) is 0 Å². The van der Waals surface area contributed by atoms with Gasteiger partial charge in [-0.15, -0.1) is 0 Å². The molecule has 0 spiro atoms. The molecule has 0 saturated heterocycles. The Bertz CT molecular complexity index is 654. The zero-order valence-electron chi connectivity index (χ0n) is 11.8. The fourth-order valence-electron chi connectivity index (χ4n) is 2.42. The first-order valence-corrected chi connectivity index (χ1v) is 7.60. The Hall–Kier alpha value is -1.82. The summed E-state index contributed by atoms with van der Waals surface area (Å²) in [5.74, 6) is 0.716. The SMILES string of the molecule is Cn1c(Br)nc2c1CN(C(=O)COc1ccccc1)CC2. The Labute approximate surface area is 131 Å². The van der Waals surface area contributed by atoms with Crippen LogP contribution in [0.15, 0.2) is 35.1 Å². The zero-order valence-corrected chi connectivity index (χ0v) is 13.3. The van der Waals surface area contributed by atoms with Gasteiger partial charge in [-0.05, 0) is 28.1 Å². The topological polar surface area (TPSA) is 47.4 Å². The van der Waals surface area contributed by atoms with Crippen LogP contribution < -0.4 is 4.74 Å². The standard InChI is InChI=1S/C15H16BrN3O2/c1-18-13-9-19(8-7-12(13)17-15(18)16)14(20)10-21-11-5-3-2-4-6-11/h2-6H,7-10H2,1H3. The number of fused-ring (bicyclic) bond motifs is 1. The van der Waals surface area contributed by atoms with Gasteiger partial charge < -0.3 is 14.2 Å². The van der Waals surface area contributed by atoms with Crippen molar-refractivity contribution in [3.63, 3.8) is 0 Å². The van der Waals surface area contributed by atoms with Crippen LogP contribution in [0.1, 0.15) is 11.4 Å². The van der Waals surface area contributed by atoms with Crippen molar-refractivity contribution in [3.8, 4) is 5.75 Å². The summed E-state index contributed by atoms with van der Waals surface area (Å²) in [5.41, 5.74) is 2.15. The van der Waals surface area contributed by atoms with E-state index in [9.17, 15) is 4.79 Å². The molecule has 0 fully saturated rings. The lowest BCUT2D eigenvalue weighted by atomic mass is 10.1. The molecule has 1 amide bonds. The fraction of sp³-hybridized carbons (Fsp3) is 0.333. The van der Waals surface area contributed by atoms with E-state index in [0.29, 0.717) is 18.8 Å². The van der Waals surface area contributed by atoms with E-state index < -0.39 is 0 Å². The van der Waals surface area contributed by atoms with Crippen LogP contribution in [0.5, 0.6) is 5.75 Å². The van der Waals surface area contributed by atoms with Crippen molar-refractivity contribution in [1.29, 1.82) is 0 Å². The van der Waals surface area contributed by atoms with Crippen molar-refractivity contribution >= 4 is 21.8 Å². The molecule has 0 atom stereocenters. The van der Waals surface area contributed by atoms with E-state index in [1.807, 2.05) is 46.8 Å². The number of aromatic nitrogens is 2. The largest absolute Gasteiger partial charge is 0.484 e. The van der Waals surface area contributed by atoms with Gasteiger partial charge in [-0.3, -0.25) is 4.79 Å². The van der Waals surface area contributed by atoms with Crippen LogP contribution in [0.4, 0.5) is 0 Å². The number of carbonyl (C=O) groups excluding carboxylic acids is 1. The molecule has 1 aliphatic rings. The number of rotatable bonds is 3. The molecule has 1 aromatic heterocycles. The molecule has 0 saturated carbocycles.